The SMILES string of the molecule is CC[C@H](C)[C@H](N)C(=O)N[C@@H](C)c1ccccc1Br. The molecule has 3 N–H and O–H groups in total. The number of hydrogen-bond donors (Lipinski definition) is 2. The Morgan fingerprint density at radius 2 is 2.00 bits per heavy atom. The molecule has 18 heavy (non-hydrogen) atoms. The quantitative estimate of drug-likeness (QED) is 0.878. The van der Waals surface area contributed by atoms with Gasteiger partial charge >= 0.3 is 0 Å². The lowest BCUT2D eigenvalue weighted by Crippen LogP contribution is -2.45. The fraction of sp³-hybridized carbons (Fsp3) is 0.500. The average Bonchev–Trinajstić information content (AvgIpc) is 2.37. The molecule has 0 spiro atoms. The highest BCUT2D eigenvalue weighted by Crippen LogP contribution is 2.22. The fourth-order valence-corrected chi connectivity index (χ4v) is 2.35. The van der Waals surface area contributed by atoms with Crippen molar-refractivity contribution in [2.45, 2.75) is 39.3 Å². The van der Waals surface area contributed by atoms with E-state index in [2.05, 4.69) is 21.2 Å². The summed E-state index contributed by atoms with van der Waals surface area (Å²) in [4.78, 5) is 12.0. The van der Waals surface area contributed by atoms with Crippen LogP contribution in [-0.2, 0) is 4.79 Å². The van der Waals surface area contributed by atoms with Crippen molar-refractivity contribution in [3.63, 3.8) is 0 Å². The zero-order valence-corrected chi connectivity index (χ0v) is 12.7. The highest BCUT2D eigenvalue weighted by Gasteiger charge is 2.21. The van der Waals surface area contributed by atoms with Crippen molar-refractivity contribution in [1.29, 1.82) is 0 Å². The summed E-state index contributed by atoms with van der Waals surface area (Å²) in [5, 5.41) is 2.96. The summed E-state index contributed by atoms with van der Waals surface area (Å²) in [6.45, 7) is 5.99. The Balaban J connectivity index is 2.68. The van der Waals surface area contributed by atoms with Gasteiger partial charge in [-0.3, -0.25) is 4.79 Å². The van der Waals surface area contributed by atoms with Crippen LogP contribution in [0.4, 0.5) is 0 Å². The van der Waals surface area contributed by atoms with Gasteiger partial charge in [-0.15, -0.1) is 0 Å². The number of hydrogen-bond acceptors (Lipinski definition) is 2. The second kappa shape index (κ2) is 6.90. The summed E-state index contributed by atoms with van der Waals surface area (Å²) < 4.78 is 0.995. The van der Waals surface area contributed by atoms with Crippen LogP contribution < -0.4 is 11.1 Å². The normalized spacial score (nSPS) is 15.8. The zero-order valence-electron chi connectivity index (χ0n) is 11.1. The molecular weight excluding hydrogens is 292 g/mol. The number of amides is 1. The number of halogens is 1. The van der Waals surface area contributed by atoms with Crippen LogP contribution in [0.15, 0.2) is 28.7 Å². The summed E-state index contributed by atoms with van der Waals surface area (Å²) in [7, 11) is 0. The maximum atomic E-state index is 12.0. The predicted octanol–water partition coefficient (Wildman–Crippen LogP) is 3.00. The van der Waals surface area contributed by atoms with Crippen LogP contribution in [-0.4, -0.2) is 11.9 Å². The monoisotopic (exact) mass is 312 g/mol. The molecule has 1 aromatic rings. The van der Waals surface area contributed by atoms with E-state index in [4.69, 9.17) is 5.73 Å². The molecule has 1 amide bonds. The second-order valence-corrected chi connectivity index (χ2v) is 5.52. The van der Waals surface area contributed by atoms with Gasteiger partial charge in [-0.2, -0.15) is 0 Å². The van der Waals surface area contributed by atoms with E-state index in [0.29, 0.717) is 0 Å². The van der Waals surface area contributed by atoms with Crippen LogP contribution in [0.3, 0.4) is 0 Å². The van der Waals surface area contributed by atoms with Crippen molar-refractivity contribution in [2.75, 3.05) is 0 Å². The van der Waals surface area contributed by atoms with E-state index in [1.165, 1.54) is 0 Å². The molecule has 0 heterocycles. The first-order chi connectivity index (χ1) is 8.47. The van der Waals surface area contributed by atoms with Gasteiger partial charge in [0.25, 0.3) is 0 Å². The maximum absolute atomic E-state index is 12.0. The van der Waals surface area contributed by atoms with E-state index in [-0.39, 0.29) is 17.9 Å². The molecule has 0 aliphatic rings. The Morgan fingerprint density at radius 3 is 2.56 bits per heavy atom. The molecule has 0 bridgehead atoms. The Kier molecular flexibility index (Phi) is 5.82. The highest BCUT2D eigenvalue weighted by molar-refractivity contribution is 9.10. The molecular formula is C14H21BrN2O. The lowest BCUT2D eigenvalue weighted by Gasteiger charge is -2.22. The molecule has 1 rings (SSSR count). The predicted molar refractivity (Wildman–Crippen MR) is 78.1 cm³/mol. The molecule has 0 aliphatic carbocycles. The van der Waals surface area contributed by atoms with E-state index in [9.17, 15) is 4.79 Å². The minimum atomic E-state index is -0.445. The highest BCUT2D eigenvalue weighted by atomic mass is 79.9. The second-order valence-electron chi connectivity index (χ2n) is 4.66. The van der Waals surface area contributed by atoms with E-state index in [1.807, 2.05) is 45.0 Å². The van der Waals surface area contributed by atoms with Crippen LogP contribution in [0.2, 0.25) is 0 Å². The topological polar surface area (TPSA) is 55.1 Å². The van der Waals surface area contributed by atoms with Gasteiger partial charge in [0.1, 0.15) is 0 Å². The van der Waals surface area contributed by atoms with Crippen LogP contribution >= 0.6 is 15.9 Å². The molecule has 1 aromatic carbocycles. The molecule has 0 aliphatic heterocycles. The lowest BCUT2D eigenvalue weighted by molar-refractivity contribution is -0.124. The third-order valence-electron chi connectivity index (χ3n) is 3.29. The number of carbonyl (C=O) groups is 1. The van der Waals surface area contributed by atoms with Gasteiger partial charge in [-0.05, 0) is 24.5 Å². The van der Waals surface area contributed by atoms with Crippen LogP contribution in [0, 0.1) is 5.92 Å². The number of carbonyl (C=O) groups excluding carboxylic acids is 1. The van der Waals surface area contributed by atoms with Crippen LogP contribution in [0.1, 0.15) is 38.8 Å². The van der Waals surface area contributed by atoms with Gasteiger partial charge in [0.2, 0.25) is 5.91 Å². The smallest absolute Gasteiger partial charge is 0.237 e. The van der Waals surface area contributed by atoms with Gasteiger partial charge < -0.3 is 11.1 Å². The molecule has 100 valence electrons. The Labute approximate surface area is 117 Å². The number of nitrogens with two attached hydrogens (primary N) is 1. The molecule has 0 fully saturated rings. The summed E-state index contributed by atoms with van der Waals surface area (Å²) in [5.74, 6) is 0.101. The summed E-state index contributed by atoms with van der Waals surface area (Å²) >= 11 is 3.48. The van der Waals surface area contributed by atoms with Gasteiger partial charge in [0.05, 0.1) is 12.1 Å². The average molecular weight is 313 g/mol. The van der Waals surface area contributed by atoms with Crippen molar-refractivity contribution in [3.8, 4) is 0 Å². The third-order valence-corrected chi connectivity index (χ3v) is 4.01. The van der Waals surface area contributed by atoms with Crippen molar-refractivity contribution in [2.24, 2.45) is 11.7 Å². The third kappa shape index (κ3) is 3.82. The number of rotatable bonds is 5. The molecule has 0 radical (unpaired) electrons. The maximum Gasteiger partial charge on any atom is 0.237 e. The van der Waals surface area contributed by atoms with Crippen molar-refractivity contribution >= 4 is 21.8 Å². The standard InChI is InChI=1S/C14H21BrN2O/c1-4-9(2)13(16)14(18)17-10(3)11-7-5-6-8-12(11)15/h5-10,13H,4,16H2,1-3H3,(H,17,18)/t9-,10-,13-/m0/s1. The minimum absolute atomic E-state index is 0.0526. The van der Waals surface area contributed by atoms with E-state index < -0.39 is 6.04 Å². The minimum Gasteiger partial charge on any atom is -0.348 e. The molecule has 3 nitrogen and oxygen atoms in total. The Morgan fingerprint density at radius 1 is 1.39 bits per heavy atom. The van der Waals surface area contributed by atoms with Crippen molar-refractivity contribution in [3.05, 3.63) is 34.3 Å². The summed E-state index contributed by atoms with van der Waals surface area (Å²) in [6, 6.07) is 7.36. The molecule has 0 unspecified atom stereocenters. The van der Waals surface area contributed by atoms with Gasteiger partial charge in [-0.1, -0.05) is 54.4 Å². The Bertz CT molecular complexity index is 409. The molecule has 0 saturated carbocycles. The number of nitrogens with one attached hydrogen (secondary N) is 1. The first kappa shape index (κ1) is 15.2. The summed E-state index contributed by atoms with van der Waals surface area (Å²) in [6.07, 6.45) is 0.901. The molecule has 0 aromatic heterocycles. The van der Waals surface area contributed by atoms with E-state index in [0.717, 1.165) is 16.5 Å². The molecule has 0 saturated heterocycles. The van der Waals surface area contributed by atoms with Gasteiger partial charge in [-0.25, -0.2) is 0 Å². The summed E-state index contributed by atoms with van der Waals surface area (Å²) in [5.41, 5.74) is 6.97. The van der Waals surface area contributed by atoms with Crippen LogP contribution in [0.5, 0.6) is 0 Å². The fourth-order valence-electron chi connectivity index (χ4n) is 1.73. The lowest BCUT2D eigenvalue weighted by atomic mass is 9.98. The zero-order chi connectivity index (χ0) is 13.7. The van der Waals surface area contributed by atoms with Crippen molar-refractivity contribution < 1.29 is 4.79 Å². The largest absolute Gasteiger partial charge is 0.348 e. The first-order valence-electron chi connectivity index (χ1n) is 6.27. The number of benzene rings is 1. The van der Waals surface area contributed by atoms with E-state index >= 15 is 0 Å². The van der Waals surface area contributed by atoms with Gasteiger partial charge in [0.15, 0.2) is 0 Å². The van der Waals surface area contributed by atoms with Crippen LogP contribution in [0.25, 0.3) is 0 Å². The van der Waals surface area contributed by atoms with E-state index in [1.54, 1.807) is 0 Å². The molecule has 4 heteroatoms. The van der Waals surface area contributed by atoms with Gasteiger partial charge in [0, 0.05) is 4.47 Å². The Hall–Kier alpha value is -0.870. The van der Waals surface area contributed by atoms with Crippen molar-refractivity contribution in [1.82, 2.24) is 5.32 Å². The first-order valence-corrected chi connectivity index (χ1v) is 7.07. The molecule has 3 atom stereocenters.